The van der Waals surface area contributed by atoms with Crippen molar-refractivity contribution in [3.05, 3.63) is 28.8 Å². The highest BCUT2D eigenvalue weighted by Gasteiger charge is 2.46. The van der Waals surface area contributed by atoms with Crippen LogP contribution in [-0.2, 0) is 10.7 Å². The molecule has 2 aliphatic rings. The van der Waals surface area contributed by atoms with Crippen LogP contribution in [0.5, 0.6) is 5.75 Å². The van der Waals surface area contributed by atoms with E-state index in [0.29, 0.717) is 0 Å². The summed E-state index contributed by atoms with van der Waals surface area (Å²) in [5.74, 6) is 1.06. The lowest BCUT2D eigenvalue weighted by Crippen LogP contribution is -2.52. The van der Waals surface area contributed by atoms with Gasteiger partial charge in [-0.15, -0.1) is 0 Å². The van der Waals surface area contributed by atoms with Crippen molar-refractivity contribution in [3.63, 3.8) is 0 Å². The van der Waals surface area contributed by atoms with Gasteiger partial charge in [-0.05, 0) is 48.9 Å². The van der Waals surface area contributed by atoms with Crippen LogP contribution < -0.4 is 10.0 Å². The summed E-state index contributed by atoms with van der Waals surface area (Å²) < 4.78 is 14.4. The van der Waals surface area contributed by atoms with Crippen molar-refractivity contribution in [2.45, 2.75) is 57.3 Å². The number of benzene rings is 1. The maximum Gasteiger partial charge on any atom is 0.123 e. The van der Waals surface area contributed by atoms with E-state index < -0.39 is 0 Å². The van der Waals surface area contributed by atoms with Gasteiger partial charge in [0.1, 0.15) is 7.16 Å². The van der Waals surface area contributed by atoms with E-state index in [0.717, 1.165) is 37.1 Å². The first-order chi connectivity index (χ1) is 10.3. The first-order valence-electron chi connectivity index (χ1n) is 8.30. The summed E-state index contributed by atoms with van der Waals surface area (Å²) in [4.78, 5) is 0. The van der Waals surface area contributed by atoms with Crippen LogP contribution in [0.2, 0.25) is 1.41 Å². The van der Waals surface area contributed by atoms with Gasteiger partial charge < -0.3 is 10.0 Å². The molecule has 2 heterocycles. The van der Waals surface area contributed by atoms with E-state index in [9.17, 15) is 0 Å². The predicted molar refractivity (Wildman–Crippen MR) is 91.5 cm³/mol. The fraction of sp³-hybridized carbons (Fsp3) is 0.667. The first kappa shape index (κ1) is 14.1. The fourth-order valence-electron chi connectivity index (χ4n) is 3.62. The zero-order chi connectivity index (χ0) is 16.1. The zero-order valence-electron chi connectivity index (χ0n) is 14.5. The molecule has 0 saturated carbocycles. The second kappa shape index (κ2) is 5.27. The Kier molecular flexibility index (Phi) is 3.54. The maximum absolute atomic E-state index is 8.31. The Morgan fingerprint density at radius 3 is 2.90 bits per heavy atom. The standard InChI is InChI=1S/C18H26BrNO/c1-12-7-15-14(8-13(12)10-19)18(11-21-15)5-6-20-16(9-18)17(2,3)4/h7-8,16,20H,5-6,9-11H2,1-4H3/i/hD. The SMILES string of the molecule is [2H]N1CCC2(COc3cc(C)c(CBr)cc32)CC1C(C)(C)C. The molecular formula is C18H26BrNO. The number of aryl methyl sites for hydroxylation is 1. The lowest BCUT2D eigenvalue weighted by Gasteiger charge is -2.43. The minimum absolute atomic E-state index is 0.0927. The van der Waals surface area contributed by atoms with E-state index in [4.69, 9.17) is 6.15 Å². The van der Waals surface area contributed by atoms with Crippen LogP contribution in [0.15, 0.2) is 12.1 Å². The molecule has 2 nitrogen and oxygen atoms in total. The van der Waals surface area contributed by atoms with Gasteiger partial charge in [-0.2, -0.15) is 0 Å². The topological polar surface area (TPSA) is 21.3 Å². The summed E-state index contributed by atoms with van der Waals surface area (Å²) in [6, 6.07) is 4.80. The van der Waals surface area contributed by atoms with Crippen LogP contribution in [0, 0.1) is 12.3 Å². The number of fused-ring (bicyclic) bond motifs is 2. The Morgan fingerprint density at radius 1 is 1.48 bits per heavy atom. The smallest absolute Gasteiger partial charge is 0.123 e. The Labute approximate surface area is 138 Å². The Balaban J connectivity index is 2.00. The summed E-state index contributed by atoms with van der Waals surface area (Å²) in [5, 5.41) is 2.68. The lowest BCUT2D eigenvalue weighted by atomic mass is 9.67. The van der Waals surface area contributed by atoms with Gasteiger partial charge in [-0.3, -0.25) is 0 Å². The average Bonchev–Trinajstić information content (AvgIpc) is 2.77. The van der Waals surface area contributed by atoms with Crippen LogP contribution in [0.3, 0.4) is 0 Å². The summed E-state index contributed by atoms with van der Waals surface area (Å²) in [7, 11) is 0. The third-order valence-electron chi connectivity index (χ3n) is 5.18. The number of piperidine rings is 1. The third-order valence-corrected chi connectivity index (χ3v) is 5.79. The van der Waals surface area contributed by atoms with E-state index in [2.05, 4.69) is 55.8 Å². The molecule has 116 valence electrons. The van der Waals surface area contributed by atoms with Crippen molar-refractivity contribution in [1.29, 1.82) is 0 Å². The molecule has 0 aliphatic carbocycles. The molecule has 1 fully saturated rings. The van der Waals surface area contributed by atoms with Crippen molar-refractivity contribution < 1.29 is 6.15 Å². The fourth-order valence-corrected chi connectivity index (χ4v) is 4.23. The molecule has 21 heavy (non-hydrogen) atoms. The van der Waals surface area contributed by atoms with Gasteiger partial charge in [0.25, 0.3) is 0 Å². The predicted octanol–water partition coefficient (Wildman–Crippen LogP) is 4.32. The van der Waals surface area contributed by atoms with Crippen LogP contribution in [-0.4, -0.2) is 19.2 Å². The van der Waals surface area contributed by atoms with Gasteiger partial charge in [-0.25, -0.2) is 0 Å². The third kappa shape index (κ3) is 2.63. The van der Waals surface area contributed by atoms with Crippen molar-refractivity contribution in [2.24, 2.45) is 5.41 Å². The first-order valence-corrected chi connectivity index (χ1v) is 8.97. The zero-order valence-corrected chi connectivity index (χ0v) is 15.1. The van der Waals surface area contributed by atoms with Gasteiger partial charge in [0, 0.05) is 22.4 Å². The second-order valence-electron chi connectivity index (χ2n) is 7.72. The molecule has 1 spiro atoms. The highest BCUT2D eigenvalue weighted by molar-refractivity contribution is 9.08. The summed E-state index contributed by atoms with van der Waals surface area (Å²) >= 11 is 3.60. The van der Waals surface area contributed by atoms with Crippen molar-refractivity contribution >= 4 is 15.9 Å². The molecule has 2 atom stereocenters. The number of halogens is 1. The van der Waals surface area contributed by atoms with Gasteiger partial charge >= 0.3 is 0 Å². The average molecular weight is 353 g/mol. The van der Waals surface area contributed by atoms with Crippen molar-refractivity contribution in [2.75, 3.05) is 13.2 Å². The summed E-state index contributed by atoms with van der Waals surface area (Å²) in [6.45, 7) is 10.5. The Hall–Kier alpha value is -0.540. The number of rotatable bonds is 1. The molecular weight excluding hydrogens is 326 g/mol. The summed E-state index contributed by atoms with van der Waals surface area (Å²) in [5.41, 5.74) is 4.22. The molecule has 0 aromatic heterocycles. The van der Waals surface area contributed by atoms with Gasteiger partial charge in [0.2, 0.25) is 0 Å². The summed E-state index contributed by atoms with van der Waals surface area (Å²) in [6.07, 6.45) is 2.03. The molecule has 1 aromatic carbocycles. The highest BCUT2D eigenvalue weighted by atomic mass is 79.9. The Bertz CT molecular complexity index is 583. The maximum atomic E-state index is 8.31. The van der Waals surface area contributed by atoms with E-state index >= 15 is 0 Å². The second-order valence-corrected chi connectivity index (χ2v) is 8.28. The molecule has 1 aromatic rings. The molecule has 1 saturated heterocycles. The van der Waals surface area contributed by atoms with E-state index in [1.807, 2.05) is 0 Å². The minimum atomic E-state index is 0.0927. The molecule has 0 amide bonds. The number of ether oxygens (including phenoxy) is 1. The number of nitrogens with one attached hydrogen (secondary N) is 1. The largest absolute Gasteiger partial charge is 0.492 e. The highest BCUT2D eigenvalue weighted by Crippen LogP contribution is 2.48. The van der Waals surface area contributed by atoms with Gasteiger partial charge in [-0.1, -0.05) is 42.8 Å². The molecule has 2 aliphatic heterocycles. The normalized spacial score (nSPS) is 30.1. The Morgan fingerprint density at radius 2 is 2.24 bits per heavy atom. The van der Waals surface area contributed by atoms with Crippen LogP contribution in [0.4, 0.5) is 0 Å². The molecule has 3 rings (SSSR count). The molecule has 2 unspecified atom stereocenters. The van der Waals surface area contributed by atoms with Crippen LogP contribution in [0.1, 0.15) is 50.3 Å². The molecule has 3 heteroatoms. The van der Waals surface area contributed by atoms with Crippen LogP contribution in [0.25, 0.3) is 0 Å². The quantitative estimate of drug-likeness (QED) is 0.760. The van der Waals surface area contributed by atoms with Crippen molar-refractivity contribution in [1.82, 2.24) is 5.31 Å². The van der Waals surface area contributed by atoms with Gasteiger partial charge in [0.15, 0.2) is 0 Å². The van der Waals surface area contributed by atoms with E-state index in [1.165, 1.54) is 16.7 Å². The van der Waals surface area contributed by atoms with E-state index in [1.54, 1.807) is 5.31 Å². The molecule has 1 N–H and O–H groups in total. The van der Waals surface area contributed by atoms with E-state index in [-0.39, 0.29) is 16.9 Å². The lowest BCUT2D eigenvalue weighted by molar-refractivity contribution is 0.136. The molecule has 0 bridgehead atoms. The minimum Gasteiger partial charge on any atom is -0.492 e. The van der Waals surface area contributed by atoms with Gasteiger partial charge in [0.05, 0.1) is 6.61 Å². The number of hydrogen-bond donors (Lipinski definition) is 1. The molecule has 0 radical (unpaired) electrons. The van der Waals surface area contributed by atoms with Crippen LogP contribution >= 0.6 is 15.9 Å². The number of alkyl halides is 1. The van der Waals surface area contributed by atoms with Crippen molar-refractivity contribution in [3.8, 4) is 5.75 Å². The monoisotopic (exact) mass is 352 g/mol. The number of hydrogen-bond acceptors (Lipinski definition) is 2.